The molecule has 1 N–H and O–H groups in total. The summed E-state index contributed by atoms with van der Waals surface area (Å²) >= 11 is 1.53. The maximum atomic E-state index is 9.29. The molecule has 0 aromatic carbocycles. The molecule has 5 heavy (non-hydrogen) atoms. The van der Waals surface area contributed by atoms with E-state index in [1.54, 1.807) is 0 Å². The lowest BCUT2D eigenvalue weighted by atomic mass is 13.9. The first-order chi connectivity index (χ1) is 2.27. The van der Waals surface area contributed by atoms with Crippen LogP contribution >= 0.6 is 22.9 Å². The van der Waals surface area contributed by atoms with Gasteiger partial charge in [-0.15, -0.1) is 0 Å². The fraction of sp³-hybridized carbons (Fsp3) is 0. The van der Waals surface area contributed by atoms with Gasteiger partial charge < -0.3 is 0 Å². The van der Waals surface area contributed by atoms with E-state index in [1.165, 1.54) is 22.9 Å². The summed E-state index contributed by atoms with van der Waals surface area (Å²) in [5, 5.41) is 0. The molecule has 0 aromatic rings. The minimum absolute atomic E-state index is 1.53. The molecule has 32 valence electrons. The van der Waals surface area contributed by atoms with Gasteiger partial charge in [0.25, 0.3) is 0 Å². The van der Waals surface area contributed by atoms with Crippen LogP contribution in [0.15, 0.2) is 0 Å². The van der Waals surface area contributed by atoms with Gasteiger partial charge in [-0.1, -0.05) is 0 Å². The van der Waals surface area contributed by atoms with Crippen LogP contribution in [0.5, 0.6) is 0 Å². The van der Waals surface area contributed by atoms with Crippen molar-refractivity contribution in [3.05, 3.63) is 0 Å². The molecule has 0 aliphatic heterocycles. The molecule has 0 saturated carbocycles. The van der Waals surface area contributed by atoms with E-state index in [9.17, 15) is 8.42 Å². The zero-order valence-corrected chi connectivity index (χ0v) is 5.19. The molecule has 3 nitrogen and oxygen atoms in total. The minimum Gasteiger partial charge on any atom is -0.215 e. The van der Waals surface area contributed by atoms with E-state index in [-0.39, 0.29) is 0 Å². The summed E-state index contributed by atoms with van der Waals surface area (Å²) in [6.45, 7) is 0. The van der Waals surface area contributed by atoms with Crippen LogP contribution in [0.2, 0.25) is 0 Å². The summed E-state index contributed by atoms with van der Waals surface area (Å²) in [6, 6.07) is 0. The Morgan fingerprint density at radius 3 is 1.80 bits per heavy atom. The molecule has 0 unspecified atom stereocenters. The Balaban J connectivity index is 3.23. The van der Waals surface area contributed by atoms with Crippen LogP contribution in [0.25, 0.3) is 0 Å². The third-order valence-electron chi connectivity index (χ3n) is 0.0690. The van der Waals surface area contributed by atoms with Crippen LogP contribution in [0.3, 0.4) is 0 Å². The lowest BCUT2D eigenvalue weighted by Crippen LogP contribution is -1.88. The van der Waals surface area contributed by atoms with Gasteiger partial charge in [0.15, 0.2) is 0 Å². The van der Waals surface area contributed by atoms with Crippen molar-refractivity contribution in [1.29, 1.82) is 0 Å². The smallest absolute Gasteiger partial charge is 0.209 e. The maximum Gasteiger partial charge on any atom is 0.209 e. The fourth-order valence-electron chi connectivity index (χ4n) is 0. The summed E-state index contributed by atoms with van der Waals surface area (Å²) in [6.07, 6.45) is 0. The third-order valence-corrected chi connectivity index (χ3v) is 1.39. The monoisotopic (exact) mass is 207 g/mol. The number of halogens is 1. The van der Waals surface area contributed by atoms with E-state index in [2.05, 4.69) is 0 Å². The van der Waals surface area contributed by atoms with Crippen LogP contribution in [-0.2, 0) is 10.9 Å². The molecule has 0 heterocycles. The van der Waals surface area contributed by atoms with E-state index < -0.39 is 10.9 Å². The Kier molecular flexibility index (Phi) is 3.22. The van der Waals surface area contributed by atoms with Gasteiger partial charge in [-0.05, 0) is 0 Å². The Morgan fingerprint density at radius 2 is 1.80 bits per heavy atom. The zero-order chi connectivity index (χ0) is 4.28. The maximum absolute atomic E-state index is 9.29. The molecule has 0 amide bonds. The first-order valence-electron chi connectivity index (χ1n) is 0.778. The summed E-state index contributed by atoms with van der Waals surface area (Å²) in [5.41, 5.74) is 0. The van der Waals surface area contributed by atoms with E-state index in [0.717, 1.165) is 0 Å². The van der Waals surface area contributed by atoms with Gasteiger partial charge in [-0.3, -0.25) is 0 Å². The number of hydrogen-bond acceptors (Lipinski definition) is 2. The van der Waals surface area contributed by atoms with Crippen LogP contribution in [0, 0.1) is 0 Å². The van der Waals surface area contributed by atoms with Crippen molar-refractivity contribution < 1.29 is 8.42 Å². The molecule has 0 aromatic heterocycles. The van der Waals surface area contributed by atoms with Crippen molar-refractivity contribution >= 4 is 33.8 Å². The predicted molar refractivity (Wildman–Crippen MR) is 27.5 cm³/mol. The van der Waals surface area contributed by atoms with Gasteiger partial charge in [0.1, 0.15) is 0 Å². The number of nitrogens with one attached hydrogen (secondary N) is 1. The van der Waals surface area contributed by atoms with Crippen molar-refractivity contribution in [1.82, 2.24) is 2.94 Å². The molecule has 0 bridgehead atoms. The standard InChI is InChI=1S/H2INO2S/c1-2-5(3)4/h5H,(H,2,3,4). The predicted octanol–water partition coefficient (Wildman–Crippen LogP) is -0.548. The average molecular weight is 207 g/mol. The van der Waals surface area contributed by atoms with E-state index in [0.29, 0.717) is 0 Å². The molecule has 5 heteroatoms. The zero-order valence-electron chi connectivity index (χ0n) is 2.14. The fourth-order valence-corrected chi connectivity index (χ4v) is 0. The minimum atomic E-state index is -2.36. The lowest BCUT2D eigenvalue weighted by Gasteiger charge is -1.63. The van der Waals surface area contributed by atoms with Gasteiger partial charge in [-0.25, -0.2) is 8.42 Å². The topological polar surface area (TPSA) is 46.2 Å². The van der Waals surface area contributed by atoms with Crippen molar-refractivity contribution in [3.63, 3.8) is 0 Å². The van der Waals surface area contributed by atoms with Crippen molar-refractivity contribution in [2.45, 2.75) is 0 Å². The number of hydrogen-bond donors (Lipinski definition) is 2. The number of rotatable bonds is 1. The Labute approximate surface area is 45.3 Å². The average Bonchev–Trinajstić information content (AvgIpc) is 1.38. The molecule has 0 atom stereocenters. The van der Waals surface area contributed by atoms with Crippen molar-refractivity contribution in [2.24, 2.45) is 0 Å². The van der Waals surface area contributed by atoms with Crippen molar-refractivity contribution in [3.8, 4) is 0 Å². The molecule has 0 fully saturated rings. The van der Waals surface area contributed by atoms with Gasteiger partial charge in [0, 0.05) is 22.9 Å². The highest BCUT2D eigenvalue weighted by Crippen LogP contribution is 1.60. The number of thiol groups is 1. The molecule has 0 spiro atoms. The Hall–Kier alpha value is 0.640. The van der Waals surface area contributed by atoms with Gasteiger partial charge >= 0.3 is 0 Å². The Bertz CT molecular complexity index is 67.7. The van der Waals surface area contributed by atoms with Crippen molar-refractivity contribution in [2.75, 3.05) is 0 Å². The molecule has 0 saturated heterocycles. The molecular formula is H2INO2S. The molecule has 0 radical (unpaired) electrons. The molecule has 0 aliphatic rings. The largest absolute Gasteiger partial charge is 0.215 e. The summed E-state index contributed by atoms with van der Waals surface area (Å²) in [4.78, 5) is 0. The van der Waals surface area contributed by atoms with E-state index in [1.807, 2.05) is 2.94 Å². The van der Waals surface area contributed by atoms with Crippen LogP contribution in [-0.4, -0.2) is 8.42 Å². The highest BCUT2D eigenvalue weighted by molar-refractivity contribution is 14.1. The summed E-state index contributed by atoms with van der Waals surface area (Å²) < 4.78 is 20.5. The lowest BCUT2D eigenvalue weighted by molar-refractivity contribution is 0.614. The van der Waals surface area contributed by atoms with E-state index in [4.69, 9.17) is 0 Å². The molecule has 0 rings (SSSR count). The third kappa shape index (κ3) is 4.64. The first-order valence-corrected chi connectivity index (χ1v) is 3.03. The van der Waals surface area contributed by atoms with Gasteiger partial charge in [0.2, 0.25) is 10.9 Å². The van der Waals surface area contributed by atoms with E-state index >= 15 is 0 Å². The summed E-state index contributed by atoms with van der Waals surface area (Å²) in [5.74, 6) is 0. The summed E-state index contributed by atoms with van der Waals surface area (Å²) in [7, 11) is -2.36. The quantitative estimate of drug-likeness (QED) is 0.344. The SMILES string of the molecule is O=[SH](=O)NI. The van der Waals surface area contributed by atoms with Crippen LogP contribution in [0.1, 0.15) is 0 Å². The Morgan fingerprint density at radius 1 is 1.60 bits per heavy atom. The molecule has 0 aliphatic carbocycles. The molecular weight excluding hydrogens is 205 g/mol. The second-order valence-electron chi connectivity index (χ2n) is 0.342. The highest BCUT2D eigenvalue weighted by atomic mass is 127. The van der Waals surface area contributed by atoms with Gasteiger partial charge in [-0.2, -0.15) is 2.94 Å². The first kappa shape index (κ1) is 5.64. The second-order valence-corrected chi connectivity index (χ2v) is 2.47. The normalized spacial score (nSPS) is 9.20. The van der Waals surface area contributed by atoms with Crippen LogP contribution < -0.4 is 2.94 Å². The van der Waals surface area contributed by atoms with Gasteiger partial charge in [0.05, 0.1) is 0 Å². The van der Waals surface area contributed by atoms with Crippen LogP contribution in [0.4, 0.5) is 0 Å². The second kappa shape index (κ2) is 2.86. The highest BCUT2D eigenvalue weighted by Gasteiger charge is 1.62.